The van der Waals surface area contributed by atoms with E-state index in [1.165, 1.54) is 17.8 Å². The number of aryl methyl sites for hydroxylation is 1. The lowest BCUT2D eigenvalue weighted by molar-refractivity contribution is -0.115. The highest BCUT2D eigenvalue weighted by atomic mass is 32.2. The Hall–Kier alpha value is -3.72. The normalized spacial score (nSPS) is 11.8. The molecule has 0 saturated heterocycles. The molecule has 0 fully saturated rings. The Labute approximate surface area is 200 Å². The number of anilines is 1. The molecule has 0 bridgehead atoms. The van der Waals surface area contributed by atoms with Crippen LogP contribution in [0.25, 0.3) is 5.69 Å². The number of rotatable bonds is 8. The number of ether oxygens (including phenoxy) is 1. The molecule has 1 heterocycles. The summed E-state index contributed by atoms with van der Waals surface area (Å²) in [5, 5.41) is 10.9. The Morgan fingerprint density at radius 3 is 2.53 bits per heavy atom. The third-order valence-electron chi connectivity index (χ3n) is 5.01. The summed E-state index contributed by atoms with van der Waals surface area (Å²) in [6, 6.07) is 20.2. The van der Waals surface area contributed by atoms with E-state index in [2.05, 4.69) is 15.5 Å². The number of benzene rings is 3. The topological polar surface area (TPSA) is 69.0 Å². The molecule has 174 valence electrons. The van der Waals surface area contributed by atoms with Crippen molar-refractivity contribution in [3.05, 3.63) is 95.8 Å². The molecule has 34 heavy (non-hydrogen) atoms. The fourth-order valence-electron chi connectivity index (χ4n) is 3.20. The van der Waals surface area contributed by atoms with Crippen LogP contribution in [0.5, 0.6) is 5.75 Å². The van der Waals surface area contributed by atoms with Crippen LogP contribution < -0.4 is 10.1 Å². The van der Waals surface area contributed by atoms with Crippen LogP contribution in [-0.2, 0) is 11.4 Å². The van der Waals surface area contributed by atoms with E-state index >= 15 is 0 Å². The molecule has 0 saturated carbocycles. The van der Waals surface area contributed by atoms with Gasteiger partial charge in [0.05, 0.1) is 10.9 Å². The fraction of sp³-hybridized carbons (Fsp3) is 0.160. The molecule has 1 N–H and O–H groups in total. The molecule has 9 heteroatoms. The van der Waals surface area contributed by atoms with Gasteiger partial charge in [-0.3, -0.25) is 9.36 Å². The summed E-state index contributed by atoms with van der Waals surface area (Å²) >= 11 is 1.17. The predicted molar refractivity (Wildman–Crippen MR) is 127 cm³/mol. The number of aromatic nitrogens is 3. The van der Waals surface area contributed by atoms with Crippen molar-refractivity contribution < 1.29 is 18.3 Å². The van der Waals surface area contributed by atoms with Crippen LogP contribution in [0, 0.1) is 18.6 Å². The molecule has 0 aliphatic heterocycles. The van der Waals surface area contributed by atoms with Gasteiger partial charge in [0.2, 0.25) is 5.91 Å². The molecular formula is C25H22F2N4O2S. The van der Waals surface area contributed by atoms with Gasteiger partial charge in [-0.15, -0.1) is 10.2 Å². The smallest absolute Gasteiger partial charge is 0.237 e. The predicted octanol–water partition coefficient (Wildman–Crippen LogP) is 5.55. The van der Waals surface area contributed by atoms with E-state index in [1.807, 2.05) is 66.1 Å². The molecule has 4 rings (SSSR count). The number of para-hydroxylation sites is 2. The van der Waals surface area contributed by atoms with E-state index in [-0.39, 0.29) is 12.3 Å². The number of nitrogens with one attached hydrogen (secondary N) is 1. The second-order valence-electron chi connectivity index (χ2n) is 7.50. The minimum absolute atomic E-state index is 0.0873. The van der Waals surface area contributed by atoms with Crippen molar-refractivity contribution in [1.29, 1.82) is 0 Å². The Morgan fingerprint density at radius 1 is 1.06 bits per heavy atom. The lowest BCUT2D eigenvalue weighted by atomic mass is 10.2. The van der Waals surface area contributed by atoms with Gasteiger partial charge in [-0.2, -0.15) is 0 Å². The minimum Gasteiger partial charge on any atom is -0.485 e. The molecule has 1 amide bonds. The Morgan fingerprint density at radius 2 is 1.79 bits per heavy atom. The number of halogens is 2. The van der Waals surface area contributed by atoms with Gasteiger partial charge in [0.25, 0.3) is 0 Å². The highest BCUT2D eigenvalue weighted by Gasteiger charge is 2.22. The molecule has 0 spiro atoms. The monoisotopic (exact) mass is 480 g/mol. The molecule has 0 aliphatic rings. The van der Waals surface area contributed by atoms with Crippen LogP contribution in [0.15, 0.2) is 78.0 Å². The van der Waals surface area contributed by atoms with Crippen molar-refractivity contribution in [3.8, 4) is 11.4 Å². The second kappa shape index (κ2) is 10.5. The Balaban J connectivity index is 1.55. The molecule has 1 unspecified atom stereocenters. The van der Waals surface area contributed by atoms with Gasteiger partial charge in [0.15, 0.2) is 11.0 Å². The van der Waals surface area contributed by atoms with Gasteiger partial charge >= 0.3 is 0 Å². The standard InChI is InChI=1S/C25H22F2N4O2S/c1-16-8-6-7-11-22(16)33-15-23-29-30-25(31(23)19-9-4-3-5-10-19)34-17(2)24(32)28-21-13-12-18(26)14-20(21)27/h3-14,17H,15H2,1-2H3,(H,28,32). The van der Waals surface area contributed by atoms with Crippen LogP contribution in [-0.4, -0.2) is 25.9 Å². The van der Waals surface area contributed by atoms with Crippen LogP contribution in [0.1, 0.15) is 18.3 Å². The van der Waals surface area contributed by atoms with Gasteiger partial charge in [-0.1, -0.05) is 48.2 Å². The van der Waals surface area contributed by atoms with Gasteiger partial charge in [-0.05, 0) is 49.7 Å². The number of thioether (sulfide) groups is 1. The Bertz CT molecular complexity index is 1300. The van der Waals surface area contributed by atoms with E-state index in [1.54, 1.807) is 6.92 Å². The van der Waals surface area contributed by atoms with Gasteiger partial charge in [0.1, 0.15) is 24.0 Å². The van der Waals surface area contributed by atoms with Gasteiger partial charge in [0, 0.05) is 11.8 Å². The summed E-state index contributed by atoms with van der Waals surface area (Å²) in [6.07, 6.45) is 0. The summed E-state index contributed by atoms with van der Waals surface area (Å²) in [4.78, 5) is 12.7. The van der Waals surface area contributed by atoms with E-state index in [0.29, 0.717) is 11.0 Å². The molecular weight excluding hydrogens is 458 g/mol. The van der Waals surface area contributed by atoms with E-state index in [0.717, 1.165) is 29.1 Å². The van der Waals surface area contributed by atoms with Crippen molar-refractivity contribution in [2.45, 2.75) is 30.9 Å². The zero-order valence-corrected chi connectivity index (χ0v) is 19.4. The molecule has 3 aromatic carbocycles. The number of amides is 1. The van der Waals surface area contributed by atoms with Crippen LogP contribution >= 0.6 is 11.8 Å². The fourth-order valence-corrected chi connectivity index (χ4v) is 4.09. The molecule has 6 nitrogen and oxygen atoms in total. The van der Waals surface area contributed by atoms with Crippen molar-refractivity contribution in [2.24, 2.45) is 0 Å². The lowest BCUT2D eigenvalue weighted by Gasteiger charge is -2.15. The van der Waals surface area contributed by atoms with Crippen molar-refractivity contribution in [3.63, 3.8) is 0 Å². The van der Waals surface area contributed by atoms with E-state index in [9.17, 15) is 13.6 Å². The Kier molecular flexibility index (Phi) is 7.22. The second-order valence-corrected chi connectivity index (χ2v) is 8.81. The first-order chi connectivity index (χ1) is 16.4. The maximum atomic E-state index is 13.9. The first-order valence-corrected chi connectivity index (χ1v) is 11.4. The summed E-state index contributed by atoms with van der Waals surface area (Å²) in [7, 11) is 0. The van der Waals surface area contributed by atoms with E-state index < -0.39 is 22.8 Å². The number of carbonyl (C=O) groups is 1. The largest absolute Gasteiger partial charge is 0.485 e. The number of carbonyl (C=O) groups excluding carboxylic acids is 1. The summed E-state index contributed by atoms with van der Waals surface area (Å²) in [5.41, 5.74) is 1.73. The molecule has 1 aromatic heterocycles. The maximum absolute atomic E-state index is 13.9. The third-order valence-corrected chi connectivity index (χ3v) is 6.05. The van der Waals surface area contributed by atoms with Crippen LogP contribution in [0.3, 0.4) is 0 Å². The number of hydrogen-bond donors (Lipinski definition) is 1. The van der Waals surface area contributed by atoms with Crippen molar-refractivity contribution in [2.75, 3.05) is 5.32 Å². The molecule has 0 radical (unpaired) electrons. The number of nitrogens with zero attached hydrogens (tertiary/aromatic N) is 3. The SMILES string of the molecule is Cc1ccccc1OCc1nnc(SC(C)C(=O)Nc2ccc(F)cc2F)n1-c1ccccc1. The third kappa shape index (κ3) is 5.43. The average molecular weight is 481 g/mol. The summed E-state index contributed by atoms with van der Waals surface area (Å²) < 4.78 is 34.9. The van der Waals surface area contributed by atoms with Crippen molar-refractivity contribution >= 4 is 23.4 Å². The maximum Gasteiger partial charge on any atom is 0.237 e. The highest BCUT2D eigenvalue weighted by Crippen LogP contribution is 2.28. The van der Waals surface area contributed by atoms with E-state index in [4.69, 9.17) is 4.74 Å². The summed E-state index contributed by atoms with van der Waals surface area (Å²) in [6.45, 7) is 3.81. The highest BCUT2D eigenvalue weighted by molar-refractivity contribution is 8.00. The van der Waals surface area contributed by atoms with Gasteiger partial charge < -0.3 is 10.1 Å². The quantitative estimate of drug-likeness (QED) is 0.335. The van der Waals surface area contributed by atoms with Crippen LogP contribution in [0.4, 0.5) is 14.5 Å². The average Bonchev–Trinajstić information content (AvgIpc) is 3.23. The lowest BCUT2D eigenvalue weighted by Crippen LogP contribution is -2.23. The summed E-state index contributed by atoms with van der Waals surface area (Å²) in [5.74, 6) is -0.693. The van der Waals surface area contributed by atoms with Crippen molar-refractivity contribution in [1.82, 2.24) is 14.8 Å². The zero-order valence-electron chi connectivity index (χ0n) is 18.5. The first kappa shape index (κ1) is 23.4. The van der Waals surface area contributed by atoms with Crippen LogP contribution in [0.2, 0.25) is 0 Å². The molecule has 1 atom stereocenters. The number of hydrogen-bond acceptors (Lipinski definition) is 5. The van der Waals surface area contributed by atoms with Gasteiger partial charge in [-0.25, -0.2) is 8.78 Å². The minimum atomic E-state index is -0.839. The first-order valence-electron chi connectivity index (χ1n) is 10.5. The molecule has 4 aromatic rings. The molecule has 0 aliphatic carbocycles. The zero-order chi connectivity index (χ0) is 24.1.